The van der Waals surface area contributed by atoms with Gasteiger partial charge in [-0.05, 0) is 36.0 Å². The molecule has 1 aliphatic carbocycles. The Kier molecular flexibility index (Phi) is 4.04. The molecular weight excluding hydrogens is 276 g/mol. The SMILES string of the molecule is Clc1cccc(CNC2=NCC3(CCCC3)CS2)c1. The van der Waals surface area contributed by atoms with E-state index < -0.39 is 0 Å². The molecule has 4 heteroatoms. The maximum atomic E-state index is 5.99. The normalized spacial score (nSPS) is 21.4. The standard InChI is InChI=1S/C15H19ClN2S/c16-13-5-3-4-12(8-13)9-17-14-18-10-15(11-19-14)6-1-2-7-15/h3-5,8H,1-2,6-7,9-11H2,(H,17,18). The van der Waals surface area contributed by atoms with Crippen molar-refractivity contribution in [1.29, 1.82) is 0 Å². The lowest BCUT2D eigenvalue weighted by Gasteiger charge is -2.31. The van der Waals surface area contributed by atoms with Crippen LogP contribution in [0.2, 0.25) is 5.02 Å². The molecule has 0 radical (unpaired) electrons. The zero-order valence-corrected chi connectivity index (χ0v) is 12.6. The average molecular weight is 295 g/mol. The first-order chi connectivity index (χ1) is 9.26. The van der Waals surface area contributed by atoms with E-state index in [1.165, 1.54) is 37.0 Å². The van der Waals surface area contributed by atoms with Gasteiger partial charge < -0.3 is 5.32 Å². The Balaban J connectivity index is 1.55. The highest BCUT2D eigenvalue weighted by atomic mass is 35.5. The van der Waals surface area contributed by atoms with E-state index >= 15 is 0 Å². The topological polar surface area (TPSA) is 24.4 Å². The summed E-state index contributed by atoms with van der Waals surface area (Å²) >= 11 is 7.87. The zero-order chi connectivity index (χ0) is 13.1. The summed E-state index contributed by atoms with van der Waals surface area (Å²) in [6.07, 6.45) is 5.51. The first-order valence-electron chi connectivity index (χ1n) is 6.91. The predicted octanol–water partition coefficient (Wildman–Crippen LogP) is 4.09. The van der Waals surface area contributed by atoms with Crippen LogP contribution in [0.5, 0.6) is 0 Å². The van der Waals surface area contributed by atoms with E-state index in [4.69, 9.17) is 16.6 Å². The highest BCUT2D eigenvalue weighted by Gasteiger charge is 2.36. The number of nitrogens with one attached hydrogen (secondary N) is 1. The largest absolute Gasteiger partial charge is 0.361 e. The van der Waals surface area contributed by atoms with Gasteiger partial charge in [0, 0.05) is 23.9 Å². The van der Waals surface area contributed by atoms with E-state index in [-0.39, 0.29) is 0 Å². The highest BCUT2D eigenvalue weighted by molar-refractivity contribution is 8.13. The average Bonchev–Trinajstić information content (AvgIpc) is 2.87. The fourth-order valence-corrected chi connectivity index (χ4v) is 4.28. The Labute approximate surface area is 124 Å². The van der Waals surface area contributed by atoms with Crippen LogP contribution in [0.4, 0.5) is 0 Å². The van der Waals surface area contributed by atoms with E-state index in [1.807, 2.05) is 30.0 Å². The number of amidine groups is 1. The van der Waals surface area contributed by atoms with Crippen molar-refractivity contribution in [3.05, 3.63) is 34.9 Å². The van der Waals surface area contributed by atoms with Crippen LogP contribution >= 0.6 is 23.4 Å². The molecule has 1 heterocycles. The molecule has 1 aromatic carbocycles. The molecule has 1 aliphatic heterocycles. The maximum absolute atomic E-state index is 5.99. The van der Waals surface area contributed by atoms with Crippen LogP contribution in [-0.4, -0.2) is 17.5 Å². The van der Waals surface area contributed by atoms with Crippen LogP contribution in [0, 0.1) is 5.41 Å². The van der Waals surface area contributed by atoms with Gasteiger partial charge in [0.15, 0.2) is 5.17 Å². The number of hydrogen-bond donors (Lipinski definition) is 1. The first-order valence-corrected chi connectivity index (χ1v) is 8.28. The second-order valence-corrected chi connectivity index (χ2v) is 7.00. The summed E-state index contributed by atoms with van der Waals surface area (Å²) in [6.45, 7) is 1.82. The molecule has 1 N–H and O–H groups in total. The summed E-state index contributed by atoms with van der Waals surface area (Å²) in [5.41, 5.74) is 1.73. The number of aliphatic imine (C=N–C) groups is 1. The van der Waals surface area contributed by atoms with Crippen molar-refractivity contribution in [1.82, 2.24) is 5.32 Å². The van der Waals surface area contributed by atoms with E-state index in [0.717, 1.165) is 23.3 Å². The number of benzene rings is 1. The molecule has 1 aromatic rings. The van der Waals surface area contributed by atoms with Gasteiger partial charge in [-0.1, -0.05) is 48.3 Å². The summed E-state index contributed by atoms with van der Waals surface area (Å²) in [5.74, 6) is 1.23. The Morgan fingerprint density at radius 1 is 1.32 bits per heavy atom. The molecule has 0 amide bonds. The third-order valence-corrected chi connectivity index (χ3v) is 5.61. The van der Waals surface area contributed by atoms with Crippen molar-refractivity contribution in [3.63, 3.8) is 0 Å². The third kappa shape index (κ3) is 3.26. The minimum atomic E-state index is 0.520. The lowest BCUT2D eigenvalue weighted by atomic mass is 9.89. The van der Waals surface area contributed by atoms with E-state index in [2.05, 4.69) is 11.4 Å². The Morgan fingerprint density at radius 3 is 2.84 bits per heavy atom. The number of thioether (sulfide) groups is 1. The molecule has 1 fully saturated rings. The summed E-state index contributed by atoms with van der Waals surface area (Å²) in [4.78, 5) is 4.74. The molecule has 1 spiro atoms. The maximum Gasteiger partial charge on any atom is 0.156 e. The number of halogens is 1. The molecule has 1 saturated carbocycles. The minimum Gasteiger partial charge on any atom is -0.361 e. The van der Waals surface area contributed by atoms with Gasteiger partial charge in [0.25, 0.3) is 0 Å². The van der Waals surface area contributed by atoms with Crippen LogP contribution in [0.1, 0.15) is 31.2 Å². The van der Waals surface area contributed by atoms with Crippen molar-refractivity contribution < 1.29 is 0 Å². The van der Waals surface area contributed by atoms with E-state index in [9.17, 15) is 0 Å². The van der Waals surface area contributed by atoms with Crippen molar-refractivity contribution in [3.8, 4) is 0 Å². The first kappa shape index (κ1) is 13.3. The zero-order valence-electron chi connectivity index (χ0n) is 11.0. The van der Waals surface area contributed by atoms with Gasteiger partial charge >= 0.3 is 0 Å². The van der Waals surface area contributed by atoms with Crippen LogP contribution in [0.3, 0.4) is 0 Å². The molecule has 2 aliphatic rings. The monoisotopic (exact) mass is 294 g/mol. The summed E-state index contributed by atoms with van der Waals surface area (Å²) in [6, 6.07) is 7.98. The highest BCUT2D eigenvalue weighted by Crippen LogP contribution is 2.43. The van der Waals surface area contributed by atoms with Crippen molar-refractivity contribution >= 4 is 28.5 Å². The molecule has 2 nitrogen and oxygen atoms in total. The van der Waals surface area contributed by atoms with E-state index in [1.54, 1.807) is 0 Å². The molecule has 3 rings (SSSR count). The third-order valence-electron chi connectivity index (χ3n) is 4.07. The van der Waals surface area contributed by atoms with Crippen LogP contribution in [-0.2, 0) is 6.54 Å². The van der Waals surface area contributed by atoms with Crippen LogP contribution < -0.4 is 5.32 Å². The summed E-state index contributed by atoms with van der Waals surface area (Å²) in [5, 5.41) is 5.31. The number of rotatable bonds is 2. The Bertz CT molecular complexity index is 481. The molecule has 0 atom stereocenters. The van der Waals surface area contributed by atoms with Gasteiger partial charge in [0.2, 0.25) is 0 Å². The van der Waals surface area contributed by atoms with Gasteiger partial charge in [-0.2, -0.15) is 0 Å². The van der Waals surface area contributed by atoms with Gasteiger partial charge in [-0.25, -0.2) is 0 Å². The van der Waals surface area contributed by atoms with Gasteiger partial charge in [-0.15, -0.1) is 0 Å². The van der Waals surface area contributed by atoms with Gasteiger partial charge in [0.1, 0.15) is 0 Å². The quantitative estimate of drug-likeness (QED) is 0.888. The molecular formula is C15H19ClN2S. The molecule has 0 aromatic heterocycles. The Morgan fingerprint density at radius 2 is 2.16 bits per heavy atom. The van der Waals surface area contributed by atoms with Crippen molar-refractivity contribution in [2.45, 2.75) is 32.2 Å². The number of hydrogen-bond acceptors (Lipinski definition) is 3. The predicted molar refractivity (Wildman–Crippen MR) is 84.0 cm³/mol. The summed E-state index contributed by atoms with van der Waals surface area (Å²) in [7, 11) is 0. The molecule has 19 heavy (non-hydrogen) atoms. The fraction of sp³-hybridized carbons (Fsp3) is 0.533. The second kappa shape index (κ2) is 5.76. The lowest BCUT2D eigenvalue weighted by Crippen LogP contribution is -2.33. The van der Waals surface area contributed by atoms with E-state index in [0.29, 0.717) is 5.41 Å². The lowest BCUT2D eigenvalue weighted by molar-refractivity contribution is 0.358. The molecule has 0 saturated heterocycles. The fourth-order valence-electron chi connectivity index (χ4n) is 2.91. The molecule has 102 valence electrons. The van der Waals surface area contributed by atoms with Crippen molar-refractivity contribution in [2.24, 2.45) is 10.4 Å². The van der Waals surface area contributed by atoms with Crippen LogP contribution in [0.25, 0.3) is 0 Å². The smallest absolute Gasteiger partial charge is 0.156 e. The van der Waals surface area contributed by atoms with Gasteiger partial charge in [-0.3, -0.25) is 4.99 Å². The number of nitrogens with zero attached hydrogens (tertiary/aromatic N) is 1. The minimum absolute atomic E-state index is 0.520. The Hall–Kier alpha value is -0.670. The van der Waals surface area contributed by atoms with Gasteiger partial charge in [0.05, 0.1) is 0 Å². The molecule has 0 unspecified atom stereocenters. The van der Waals surface area contributed by atoms with Crippen molar-refractivity contribution in [2.75, 3.05) is 12.3 Å². The summed E-state index contributed by atoms with van der Waals surface area (Å²) < 4.78 is 0. The second-order valence-electron chi connectivity index (χ2n) is 5.60. The molecule has 0 bridgehead atoms. The van der Waals surface area contributed by atoms with Crippen LogP contribution in [0.15, 0.2) is 29.3 Å².